The Hall–Kier alpha value is -3.36. The molecular formula is C21H21N3O4S. The first-order valence-electron chi connectivity index (χ1n) is 8.79. The molecule has 0 amide bonds. The van der Waals surface area contributed by atoms with Gasteiger partial charge in [-0.15, -0.1) is 0 Å². The molecule has 3 aromatic carbocycles. The summed E-state index contributed by atoms with van der Waals surface area (Å²) in [6.45, 7) is 2.31. The summed E-state index contributed by atoms with van der Waals surface area (Å²) in [4.78, 5) is 11.2. The molecule has 0 saturated carbocycles. The monoisotopic (exact) mass is 411 g/mol. The van der Waals surface area contributed by atoms with Crippen molar-refractivity contribution in [3.8, 4) is 0 Å². The molecule has 150 valence electrons. The normalized spacial score (nSPS) is 11.1. The van der Waals surface area contributed by atoms with Crippen molar-refractivity contribution < 1.29 is 18.3 Å². The maximum atomic E-state index is 12.2. The minimum absolute atomic E-state index is 0.181. The van der Waals surface area contributed by atoms with Gasteiger partial charge in [-0.1, -0.05) is 48.0 Å². The van der Waals surface area contributed by atoms with Crippen molar-refractivity contribution in [3.05, 3.63) is 83.4 Å². The Balaban J connectivity index is 2.09. The van der Waals surface area contributed by atoms with Gasteiger partial charge in [0.2, 0.25) is 10.0 Å². The van der Waals surface area contributed by atoms with Crippen LogP contribution >= 0.6 is 0 Å². The fourth-order valence-corrected chi connectivity index (χ4v) is 3.54. The number of nitrogens with two attached hydrogens (primary N) is 1. The summed E-state index contributed by atoms with van der Waals surface area (Å²) >= 11 is 0. The van der Waals surface area contributed by atoms with Gasteiger partial charge in [-0.25, -0.2) is 18.4 Å². The van der Waals surface area contributed by atoms with Gasteiger partial charge in [-0.3, -0.25) is 0 Å². The third kappa shape index (κ3) is 5.13. The van der Waals surface area contributed by atoms with E-state index in [1.54, 1.807) is 12.1 Å². The highest BCUT2D eigenvalue weighted by molar-refractivity contribution is 7.89. The van der Waals surface area contributed by atoms with Crippen LogP contribution in [0.1, 0.15) is 21.5 Å². The highest BCUT2D eigenvalue weighted by Gasteiger charge is 2.22. The topological polar surface area (TPSA) is 122 Å². The van der Waals surface area contributed by atoms with E-state index in [0.29, 0.717) is 17.9 Å². The lowest BCUT2D eigenvalue weighted by atomic mass is 10.1. The molecule has 0 radical (unpaired) electrons. The number of carboxylic acids is 1. The number of aryl methyl sites for hydroxylation is 1. The van der Waals surface area contributed by atoms with E-state index in [9.17, 15) is 18.3 Å². The highest BCUT2D eigenvalue weighted by atomic mass is 32.2. The van der Waals surface area contributed by atoms with Crippen LogP contribution in [0.15, 0.2) is 71.6 Å². The summed E-state index contributed by atoms with van der Waals surface area (Å²) < 4.78 is 24.4. The Morgan fingerprint density at radius 2 is 1.69 bits per heavy atom. The predicted octanol–water partition coefficient (Wildman–Crippen LogP) is 3.70. The molecule has 0 bridgehead atoms. The number of anilines is 3. The van der Waals surface area contributed by atoms with Crippen molar-refractivity contribution in [1.82, 2.24) is 0 Å². The third-order valence-corrected chi connectivity index (χ3v) is 5.24. The van der Waals surface area contributed by atoms with Gasteiger partial charge in [0.15, 0.2) is 0 Å². The van der Waals surface area contributed by atoms with Crippen LogP contribution in [-0.4, -0.2) is 19.5 Å². The van der Waals surface area contributed by atoms with E-state index >= 15 is 0 Å². The van der Waals surface area contributed by atoms with E-state index in [2.05, 4.69) is 10.6 Å². The molecule has 0 aliphatic heterocycles. The summed E-state index contributed by atoms with van der Waals surface area (Å²) in [5.41, 5.74) is 2.97. The van der Waals surface area contributed by atoms with Gasteiger partial charge in [-0.05, 0) is 36.8 Å². The molecule has 5 N–H and O–H groups in total. The first-order valence-corrected chi connectivity index (χ1v) is 10.3. The second kappa shape index (κ2) is 8.34. The molecule has 0 atom stereocenters. The van der Waals surface area contributed by atoms with Gasteiger partial charge in [0.25, 0.3) is 0 Å². The first-order chi connectivity index (χ1) is 13.7. The number of rotatable bonds is 7. The largest absolute Gasteiger partial charge is 0.478 e. The van der Waals surface area contributed by atoms with E-state index in [4.69, 9.17) is 5.14 Å². The van der Waals surface area contributed by atoms with Crippen LogP contribution in [0.2, 0.25) is 0 Å². The van der Waals surface area contributed by atoms with Crippen LogP contribution in [0.4, 0.5) is 17.1 Å². The molecule has 0 aliphatic carbocycles. The van der Waals surface area contributed by atoms with Crippen molar-refractivity contribution in [2.24, 2.45) is 5.14 Å². The Morgan fingerprint density at radius 3 is 2.28 bits per heavy atom. The lowest BCUT2D eigenvalue weighted by Crippen LogP contribution is -2.17. The zero-order valence-corrected chi connectivity index (χ0v) is 16.5. The lowest BCUT2D eigenvalue weighted by molar-refractivity contribution is 0.0696. The van der Waals surface area contributed by atoms with Crippen molar-refractivity contribution in [2.75, 3.05) is 10.6 Å². The molecule has 0 saturated heterocycles. The van der Waals surface area contributed by atoms with Crippen molar-refractivity contribution in [1.29, 1.82) is 0 Å². The van der Waals surface area contributed by atoms with E-state index in [0.717, 1.165) is 17.2 Å². The number of carboxylic acid groups (broad SMARTS) is 1. The standard InChI is InChI=1S/C21H21N3O4S/c1-14-7-9-17(10-8-14)24-20-18(23-13-15-5-3-2-4-6-15)11-16(21(25)26)12-19(20)29(22,27)28/h2-12,23-24H,13H2,1H3,(H,25,26)(H2,22,27,28). The maximum absolute atomic E-state index is 12.2. The summed E-state index contributed by atoms with van der Waals surface area (Å²) in [5, 5.41) is 21.0. The van der Waals surface area contributed by atoms with Crippen molar-refractivity contribution >= 4 is 33.1 Å². The Kier molecular flexibility index (Phi) is 5.86. The summed E-state index contributed by atoms with van der Waals surface area (Å²) in [6.07, 6.45) is 0. The number of sulfonamides is 1. The molecule has 0 unspecified atom stereocenters. The van der Waals surface area contributed by atoms with Crippen LogP contribution < -0.4 is 15.8 Å². The summed E-state index contributed by atoms with van der Waals surface area (Å²) in [5.74, 6) is -1.25. The first kappa shape index (κ1) is 20.4. The number of benzene rings is 3. The van der Waals surface area contributed by atoms with Crippen molar-refractivity contribution in [2.45, 2.75) is 18.4 Å². The Bertz CT molecular complexity index is 1130. The Labute approximate surface area is 169 Å². The van der Waals surface area contributed by atoms with Crippen LogP contribution in [0, 0.1) is 6.92 Å². The molecule has 8 heteroatoms. The summed E-state index contributed by atoms with van der Waals surface area (Å²) in [7, 11) is -4.19. The number of carbonyl (C=O) groups is 1. The highest BCUT2D eigenvalue weighted by Crippen LogP contribution is 2.34. The molecule has 0 aromatic heterocycles. The smallest absolute Gasteiger partial charge is 0.335 e. The van der Waals surface area contributed by atoms with E-state index in [-0.39, 0.29) is 16.1 Å². The second-order valence-corrected chi connectivity index (χ2v) is 8.11. The number of primary sulfonamides is 1. The van der Waals surface area contributed by atoms with Crippen LogP contribution in [0.25, 0.3) is 0 Å². The second-order valence-electron chi connectivity index (χ2n) is 6.58. The van der Waals surface area contributed by atoms with E-state index in [1.165, 1.54) is 6.07 Å². The van der Waals surface area contributed by atoms with E-state index in [1.807, 2.05) is 49.4 Å². The van der Waals surface area contributed by atoms with Gasteiger partial charge < -0.3 is 15.7 Å². The summed E-state index contributed by atoms with van der Waals surface area (Å²) in [6, 6.07) is 19.3. The predicted molar refractivity (Wildman–Crippen MR) is 113 cm³/mol. The molecule has 3 aromatic rings. The molecule has 0 aliphatic rings. The van der Waals surface area contributed by atoms with Gasteiger partial charge in [0, 0.05) is 12.2 Å². The average Bonchev–Trinajstić information content (AvgIpc) is 2.68. The SMILES string of the molecule is Cc1ccc(Nc2c(NCc3ccccc3)cc(C(=O)O)cc2S(N)(=O)=O)cc1. The fourth-order valence-electron chi connectivity index (χ4n) is 2.81. The molecule has 29 heavy (non-hydrogen) atoms. The van der Waals surface area contributed by atoms with Crippen LogP contribution in [0.3, 0.4) is 0 Å². The molecule has 7 nitrogen and oxygen atoms in total. The van der Waals surface area contributed by atoms with Gasteiger partial charge >= 0.3 is 5.97 Å². The fraction of sp³-hybridized carbons (Fsp3) is 0.0952. The zero-order chi connectivity index (χ0) is 21.0. The molecule has 0 heterocycles. The minimum Gasteiger partial charge on any atom is -0.478 e. The molecule has 0 spiro atoms. The van der Waals surface area contributed by atoms with Crippen molar-refractivity contribution in [3.63, 3.8) is 0 Å². The van der Waals surface area contributed by atoms with Gasteiger partial charge in [0.1, 0.15) is 4.90 Å². The lowest BCUT2D eigenvalue weighted by Gasteiger charge is -2.18. The van der Waals surface area contributed by atoms with E-state index < -0.39 is 16.0 Å². The quantitative estimate of drug-likeness (QED) is 0.470. The van der Waals surface area contributed by atoms with Gasteiger partial charge in [-0.2, -0.15) is 0 Å². The van der Waals surface area contributed by atoms with Crippen LogP contribution in [0.5, 0.6) is 0 Å². The Morgan fingerprint density at radius 1 is 1.03 bits per heavy atom. The minimum atomic E-state index is -4.19. The molecular weight excluding hydrogens is 390 g/mol. The number of hydrogen-bond donors (Lipinski definition) is 4. The average molecular weight is 411 g/mol. The maximum Gasteiger partial charge on any atom is 0.335 e. The van der Waals surface area contributed by atoms with Gasteiger partial charge in [0.05, 0.1) is 16.9 Å². The zero-order valence-electron chi connectivity index (χ0n) is 15.7. The molecule has 0 fully saturated rings. The van der Waals surface area contributed by atoms with Crippen LogP contribution in [-0.2, 0) is 16.6 Å². The number of nitrogens with one attached hydrogen (secondary N) is 2. The third-order valence-electron chi connectivity index (χ3n) is 4.30. The number of hydrogen-bond acceptors (Lipinski definition) is 5. The molecule has 3 rings (SSSR count). The number of aromatic carboxylic acids is 1.